The quantitative estimate of drug-likeness (QED) is 0.762. The summed E-state index contributed by atoms with van der Waals surface area (Å²) in [6.07, 6.45) is 1.14. The molecular formula is C13H17N3O2. The molecule has 0 fully saturated rings. The number of hydrogen-bond donors (Lipinski definition) is 3. The molecule has 96 valence electrons. The van der Waals surface area contributed by atoms with E-state index in [4.69, 9.17) is 0 Å². The minimum Gasteiger partial charge on any atom is -0.391 e. The van der Waals surface area contributed by atoms with Crippen molar-refractivity contribution in [2.24, 2.45) is 5.92 Å². The van der Waals surface area contributed by atoms with Crippen LogP contribution < -0.4 is 5.32 Å². The van der Waals surface area contributed by atoms with Crippen LogP contribution in [0.25, 0.3) is 10.9 Å². The number of nitrogens with one attached hydrogen (secondary N) is 2. The molecule has 1 atom stereocenters. The molecule has 2 aromatic rings. The first-order chi connectivity index (χ1) is 8.59. The van der Waals surface area contributed by atoms with Crippen molar-refractivity contribution in [2.75, 3.05) is 6.54 Å². The minimum absolute atomic E-state index is 0.119. The second-order valence-electron chi connectivity index (χ2n) is 4.66. The number of aromatic nitrogens is 2. The Kier molecular flexibility index (Phi) is 3.62. The Bertz CT molecular complexity index is 548. The van der Waals surface area contributed by atoms with E-state index in [9.17, 15) is 9.90 Å². The van der Waals surface area contributed by atoms with Crippen LogP contribution in [-0.4, -0.2) is 33.9 Å². The summed E-state index contributed by atoms with van der Waals surface area (Å²) >= 11 is 0. The standard InChI is InChI=1S/C13H17N3O2/c1-8(2)11(17)7-14-13(18)10-5-3-4-9-6-15-16-12(9)10/h3-6,8,11,17H,7H2,1-2H3,(H,14,18)(H,15,16). The molecule has 0 bridgehead atoms. The number of aliphatic hydroxyl groups is 1. The Labute approximate surface area is 105 Å². The van der Waals surface area contributed by atoms with E-state index in [1.54, 1.807) is 12.3 Å². The average Bonchev–Trinajstić information content (AvgIpc) is 2.83. The van der Waals surface area contributed by atoms with E-state index in [0.29, 0.717) is 11.1 Å². The molecule has 0 saturated heterocycles. The highest BCUT2D eigenvalue weighted by atomic mass is 16.3. The number of aliphatic hydroxyl groups excluding tert-OH is 1. The molecule has 5 heteroatoms. The zero-order chi connectivity index (χ0) is 13.1. The van der Waals surface area contributed by atoms with Crippen LogP contribution in [0.15, 0.2) is 24.4 Å². The number of carbonyl (C=O) groups is 1. The van der Waals surface area contributed by atoms with E-state index >= 15 is 0 Å². The largest absolute Gasteiger partial charge is 0.391 e. The monoisotopic (exact) mass is 247 g/mol. The van der Waals surface area contributed by atoms with Gasteiger partial charge in [-0.05, 0) is 12.0 Å². The second-order valence-corrected chi connectivity index (χ2v) is 4.66. The van der Waals surface area contributed by atoms with Crippen LogP contribution in [0.3, 0.4) is 0 Å². The van der Waals surface area contributed by atoms with Gasteiger partial charge in [-0.15, -0.1) is 0 Å². The van der Waals surface area contributed by atoms with Gasteiger partial charge in [-0.3, -0.25) is 9.89 Å². The summed E-state index contributed by atoms with van der Waals surface area (Å²) in [7, 11) is 0. The van der Waals surface area contributed by atoms with Gasteiger partial charge >= 0.3 is 0 Å². The van der Waals surface area contributed by atoms with E-state index < -0.39 is 6.10 Å². The third-order valence-corrected chi connectivity index (χ3v) is 2.96. The second kappa shape index (κ2) is 5.18. The summed E-state index contributed by atoms with van der Waals surface area (Å²) in [5.41, 5.74) is 1.26. The lowest BCUT2D eigenvalue weighted by molar-refractivity contribution is 0.0873. The van der Waals surface area contributed by atoms with Gasteiger partial charge in [-0.1, -0.05) is 26.0 Å². The predicted octanol–water partition coefficient (Wildman–Crippen LogP) is 1.31. The smallest absolute Gasteiger partial charge is 0.253 e. The number of amides is 1. The first-order valence-corrected chi connectivity index (χ1v) is 5.98. The zero-order valence-electron chi connectivity index (χ0n) is 10.5. The molecule has 0 aliphatic rings. The number of nitrogens with zero attached hydrogens (tertiary/aromatic N) is 1. The molecule has 1 unspecified atom stereocenters. The number of hydrogen-bond acceptors (Lipinski definition) is 3. The Balaban J connectivity index is 2.12. The van der Waals surface area contributed by atoms with Gasteiger partial charge in [-0.2, -0.15) is 5.10 Å². The van der Waals surface area contributed by atoms with Crippen molar-refractivity contribution >= 4 is 16.8 Å². The van der Waals surface area contributed by atoms with Gasteiger partial charge in [0.2, 0.25) is 0 Å². The molecule has 0 aliphatic heterocycles. The van der Waals surface area contributed by atoms with Crippen LogP contribution in [0.2, 0.25) is 0 Å². The SMILES string of the molecule is CC(C)C(O)CNC(=O)c1cccc2cn[nH]c12. The molecule has 0 radical (unpaired) electrons. The van der Waals surface area contributed by atoms with E-state index in [1.165, 1.54) is 0 Å². The Morgan fingerprint density at radius 2 is 2.28 bits per heavy atom. The summed E-state index contributed by atoms with van der Waals surface area (Å²) < 4.78 is 0. The van der Waals surface area contributed by atoms with Crippen molar-refractivity contribution in [2.45, 2.75) is 20.0 Å². The first-order valence-electron chi connectivity index (χ1n) is 5.98. The Hall–Kier alpha value is -1.88. The number of fused-ring (bicyclic) bond motifs is 1. The fraction of sp³-hybridized carbons (Fsp3) is 0.385. The van der Waals surface area contributed by atoms with Crippen molar-refractivity contribution < 1.29 is 9.90 Å². The Morgan fingerprint density at radius 1 is 1.50 bits per heavy atom. The molecule has 3 N–H and O–H groups in total. The normalized spacial score (nSPS) is 12.9. The molecule has 1 heterocycles. The van der Waals surface area contributed by atoms with Crippen molar-refractivity contribution in [3.8, 4) is 0 Å². The summed E-state index contributed by atoms with van der Waals surface area (Å²) in [4.78, 5) is 12.0. The van der Waals surface area contributed by atoms with Crippen molar-refractivity contribution in [3.05, 3.63) is 30.0 Å². The molecule has 18 heavy (non-hydrogen) atoms. The minimum atomic E-state index is -0.532. The van der Waals surface area contributed by atoms with Crippen LogP contribution >= 0.6 is 0 Å². The van der Waals surface area contributed by atoms with Crippen LogP contribution in [0, 0.1) is 5.92 Å². The van der Waals surface area contributed by atoms with E-state index in [-0.39, 0.29) is 18.4 Å². The highest BCUT2D eigenvalue weighted by molar-refractivity contribution is 6.05. The summed E-state index contributed by atoms with van der Waals surface area (Å²) in [5, 5.41) is 20.0. The lowest BCUT2D eigenvalue weighted by Gasteiger charge is -2.15. The maximum atomic E-state index is 12.0. The van der Waals surface area contributed by atoms with E-state index in [0.717, 1.165) is 5.39 Å². The predicted molar refractivity (Wildman–Crippen MR) is 69.3 cm³/mol. The number of rotatable bonds is 4. The van der Waals surface area contributed by atoms with E-state index in [1.807, 2.05) is 26.0 Å². The van der Waals surface area contributed by atoms with Crippen molar-refractivity contribution in [3.63, 3.8) is 0 Å². The molecule has 0 aliphatic carbocycles. The van der Waals surface area contributed by atoms with Gasteiger partial charge in [0.1, 0.15) is 0 Å². The molecule has 5 nitrogen and oxygen atoms in total. The molecule has 1 amide bonds. The molecule has 2 rings (SSSR count). The lowest BCUT2D eigenvalue weighted by atomic mass is 10.1. The summed E-state index contributed by atoms with van der Waals surface area (Å²) in [5.74, 6) is -0.0854. The number of para-hydroxylation sites is 1. The van der Waals surface area contributed by atoms with Crippen molar-refractivity contribution in [1.82, 2.24) is 15.5 Å². The van der Waals surface area contributed by atoms with Gasteiger partial charge < -0.3 is 10.4 Å². The van der Waals surface area contributed by atoms with Gasteiger partial charge in [0.15, 0.2) is 0 Å². The lowest BCUT2D eigenvalue weighted by Crippen LogP contribution is -2.34. The van der Waals surface area contributed by atoms with Crippen molar-refractivity contribution in [1.29, 1.82) is 0 Å². The first kappa shape index (κ1) is 12.6. The third-order valence-electron chi connectivity index (χ3n) is 2.96. The highest BCUT2D eigenvalue weighted by Gasteiger charge is 2.14. The molecular weight excluding hydrogens is 230 g/mol. The molecule has 1 aromatic carbocycles. The maximum Gasteiger partial charge on any atom is 0.253 e. The van der Waals surface area contributed by atoms with Gasteiger partial charge in [0.05, 0.1) is 23.4 Å². The highest BCUT2D eigenvalue weighted by Crippen LogP contribution is 2.15. The number of aromatic amines is 1. The fourth-order valence-electron chi connectivity index (χ4n) is 1.69. The fourth-order valence-corrected chi connectivity index (χ4v) is 1.69. The topological polar surface area (TPSA) is 78.0 Å². The van der Waals surface area contributed by atoms with Crippen LogP contribution in [0.4, 0.5) is 0 Å². The number of benzene rings is 1. The Morgan fingerprint density at radius 3 is 3.00 bits per heavy atom. The van der Waals surface area contributed by atoms with Crippen LogP contribution in [0.5, 0.6) is 0 Å². The number of carbonyl (C=O) groups excluding carboxylic acids is 1. The third kappa shape index (κ3) is 2.51. The zero-order valence-corrected chi connectivity index (χ0v) is 10.5. The van der Waals surface area contributed by atoms with Gasteiger partial charge in [0, 0.05) is 11.9 Å². The summed E-state index contributed by atoms with van der Waals surface area (Å²) in [6.45, 7) is 4.07. The van der Waals surface area contributed by atoms with Gasteiger partial charge in [0.25, 0.3) is 5.91 Å². The van der Waals surface area contributed by atoms with E-state index in [2.05, 4.69) is 15.5 Å². The van der Waals surface area contributed by atoms with Crippen LogP contribution in [-0.2, 0) is 0 Å². The maximum absolute atomic E-state index is 12.0. The number of H-pyrrole nitrogens is 1. The molecule has 0 spiro atoms. The van der Waals surface area contributed by atoms with Crippen LogP contribution in [0.1, 0.15) is 24.2 Å². The van der Waals surface area contributed by atoms with Gasteiger partial charge in [-0.25, -0.2) is 0 Å². The summed E-state index contributed by atoms with van der Waals surface area (Å²) in [6, 6.07) is 5.43. The molecule has 1 aromatic heterocycles. The average molecular weight is 247 g/mol. The molecule has 0 saturated carbocycles.